The van der Waals surface area contributed by atoms with Gasteiger partial charge in [0.25, 0.3) is 0 Å². The van der Waals surface area contributed by atoms with E-state index in [1.54, 1.807) is 0 Å². The largest absolute Gasteiger partial charge is 0.481 e. The topological polar surface area (TPSA) is 81.7 Å². The van der Waals surface area contributed by atoms with Gasteiger partial charge in [0, 0.05) is 19.1 Å². The van der Waals surface area contributed by atoms with Crippen LogP contribution in [0.4, 0.5) is 4.79 Å². The summed E-state index contributed by atoms with van der Waals surface area (Å²) < 4.78 is 0. The number of urea groups is 1. The zero-order chi connectivity index (χ0) is 15.3. The van der Waals surface area contributed by atoms with Crippen LogP contribution in [0.3, 0.4) is 0 Å². The maximum absolute atomic E-state index is 12.0. The van der Waals surface area contributed by atoms with E-state index in [2.05, 4.69) is 15.5 Å². The second-order valence-electron chi connectivity index (χ2n) is 6.57. The third-order valence-electron chi connectivity index (χ3n) is 4.83. The molecule has 21 heavy (non-hydrogen) atoms. The molecule has 0 spiro atoms. The third-order valence-corrected chi connectivity index (χ3v) is 4.83. The number of carbonyl (C=O) groups is 2. The van der Waals surface area contributed by atoms with E-state index >= 15 is 0 Å². The Hall–Kier alpha value is -1.30. The zero-order valence-corrected chi connectivity index (χ0v) is 12.9. The molecule has 6 heteroatoms. The first kappa shape index (κ1) is 16.1. The zero-order valence-electron chi connectivity index (χ0n) is 12.9. The van der Waals surface area contributed by atoms with Crippen molar-refractivity contribution in [2.45, 2.75) is 51.0 Å². The summed E-state index contributed by atoms with van der Waals surface area (Å²) in [5.41, 5.74) is -0.777. The summed E-state index contributed by atoms with van der Waals surface area (Å²) in [6.07, 6.45) is 6.33. The van der Waals surface area contributed by atoms with Gasteiger partial charge in [0.1, 0.15) is 0 Å². The van der Waals surface area contributed by atoms with Crippen LogP contribution in [-0.2, 0) is 4.79 Å². The number of likely N-dealkylation sites (tertiary alicyclic amines) is 1. The van der Waals surface area contributed by atoms with Gasteiger partial charge in [-0.1, -0.05) is 25.7 Å². The fourth-order valence-corrected chi connectivity index (χ4v) is 3.41. The maximum Gasteiger partial charge on any atom is 0.315 e. The van der Waals surface area contributed by atoms with Crippen molar-refractivity contribution in [3.8, 4) is 0 Å². The number of aliphatic carboxylic acids is 1. The van der Waals surface area contributed by atoms with Crippen LogP contribution in [0, 0.1) is 5.41 Å². The number of nitrogens with one attached hydrogen (secondary N) is 2. The normalized spacial score (nSPS) is 26.0. The predicted molar refractivity (Wildman–Crippen MR) is 80.2 cm³/mol. The lowest BCUT2D eigenvalue weighted by atomic mass is 9.80. The Morgan fingerprint density at radius 1 is 1.24 bits per heavy atom. The number of carbonyl (C=O) groups excluding carboxylic acids is 1. The quantitative estimate of drug-likeness (QED) is 0.685. The van der Waals surface area contributed by atoms with E-state index in [-0.39, 0.29) is 18.6 Å². The number of hydrogen-bond donors (Lipinski definition) is 3. The molecule has 3 N–H and O–H groups in total. The molecule has 0 aromatic carbocycles. The van der Waals surface area contributed by atoms with Crippen LogP contribution < -0.4 is 10.6 Å². The van der Waals surface area contributed by atoms with Crippen LogP contribution in [0.1, 0.15) is 44.9 Å². The van der Waals surface area contributed by atoms with Crippen LogP contribution in [0.2, 0.25) is 0 Å². The van der Waals surface area contributed by atoms with Gasteiger partial charge in [-0.3, -0.25) is 4.79 Å². The van der Waals surface area contributed by atoms with Crippen molar-refractivity contribution in [1.82, 2.24) is 15.5 Å². The van der Waals surface area contributed by atoms with Crippen molar-refractivity contribution in [3.05, 3.63) is 0 Å². The Kier molecular flexibility index (Phi) is 5.45. The molecular formula is C15H27N3O3. The number of hydrogen-bond acceptors (Lipinski definition) is 3. The molecule has 1 aliphatic carbocycles. The molecule has 1 aliphatic heterocycles. The van der Waals surface area contributed by atoms with Crippen LogP contribution in [0.15, 0.2) is 0 Å². The van der Waals surface area contributed by atoms with E-state index < -0.39 is 11.4 Å². The molecular weight excluding hydrogens is 270 g/mol. The minimum absolute atomic E-state index is 0.171. The van der Waals surface area contributed by atoms with Gasteiger partial charge >= 0.3 is 12.0 Å². The van der Waals surface area contributed by atoms with Gasteiger partial charge in [0.15, 0.2) is 0 Å². The van der Waals surface area contributed by atoms with E-state index in [9.17, 15) is 14.7 Å². The average molecular weight is 297 g/mol. The number of likely N-dealkylation sites (N-methyl/N-ethyl adjacent to an activating group) is 1. The van der Waals surface area contributed by atoms with Gasteiger partial charge in [0.05, 0.1) is 5.41 Å². The van der Waals surface area contributed by atoms with Crippen molar-refractivity contribution in [2.75, 3.05) is 26.7 Å². The third kappa shape index (κ3) is 4.33. The van der Waals surface area contributed by atoms with Crippen LogP contribution in [0.25, 0.3) is 0 Å². The molecule has 0 aromatic rings. The lowest BCUT2D eigenvalue weighted by Gasteiger charge is -2.28. The van der Waals surface area contributed by atoms with Crippen molar-refractivity contribution in [1.29, 1.82) is 0 Å². The molecule has 1 atom stereocenters. The van der Waals surface area contributed by atoms with Gasteiger partial charge in [-0.2, -0.15) is 0 Å². The summed E-state index contributed by atoms with van der Waals surface area (Å²) >= 11 is 0. The second-order valence-corrected chi connectivity index (χ2v) is 6.57. The van der Waals surface area contributed by atoms with Gasteiger partial charge < -0.3 is 20.6 Å². The molecule has 6 nitrogen and oxygen atoms in total. The van der Waals surface area contributed by atoms with Crippen LogP contribution >= 0.6 is 0 Å². The molecule has 1 saturated carbocycles. The SMILES string of the molecule is CN1CCC(NC(=O)NCC2(C(=O)O)CCCCCC2)C1. The molecule has 0 aromatic heterocycles. The average Bonchev–Trinajstić information content (AvgIpc) is 2.71. The van der Waals surface area contributed by atoms with Crippen LogP contribution in [-0.4, -0.2) is 54.7 Å². The molecule has 120 valence electrons. The number of amides is 2. The smallest absolute Gasteiger partial charge is 0.315 e. The summed E-state index contributed by atoms with van der Waals surface area (Å²) in [6.45, 7) is 2.08. The van der Waals surface area contributed by atoms with E-state index in [1.807, 2.05) is 7.05 Å². The van der Waals surface area contributed by atoms with Crippen molar-refractivity contribution >= 4 is 12.0 Å². The Morgan fingerprint density at radius 3 is 2.43 bits per heavy atom. The highest BCUT2D eigenvalue weighted by atomic mass is 16.4. The Balaban J connectivity index is 1.83. The second kappa shape index (κ2) is 7.11. The van der Waals surface area contributed by atoms with E-state index in [1.165, 1.54) is 0 Å². The summed E-state index contributed by atoms with van der Waals surface area (Å²) in [7, 11) is 2.03. The summed E-state index contributed by atoms with van der Waals surface area (Å²) in [5.74, 6) is -0.773. The van der Waals surface area contributed by atoms with Gasteiger partial charge in [-0.25, -0.2) is 4.79 Å². The first-order chi connectivity index (χ1) is 10.0. The van der Waals surface area contributed by atoms with Crippen molar-refractivity contribution in [3.63, 3.8) is 0 Å². The number of rotatable bonds is 4. The summed E-state index contributed by atoms with van der Waals surface area (Å²) in [5, 5.41) is 15.3. The van der Waals surface area contributed by atoms with Crippen molar-refractivity contribution < 1.29 is 14.7 Å². The minimum Gasteiger partial charge on any atom is -0.481 e. The van der Waals surface area contributed by atoms with E-state index in [4.69, 9.17) is 0 Å². The Morgan fingerprint density at radius 2 is 1.90 bits per heavy atom. The Labute approximate surface area is 126 Å². The van der Waals surface area contributed by atoms with Gasteiger partial charge in [-0.05, 0) is 32.9 Å². The molecule has 2 amide bonds. The highest BCUT2D eigenvalue weighted by Gasteiger charge is 2.39. The van der Waals surface area contributed by atoms with E-state index in [0.717, 1.165) is 45.2 Å². The lowest BCUT2D eigenvalue weighted by molar-refractivity contribution is -0.149. The minimum atomic E-state index is -0.777. The number of carboxylic acid groups (broad SMARTS) is 1. The van der Waals surface area contributed by atoms with Gasteiger partial charge in [0.2, 0.25) is 0 Å². The fourth-order valence-electron chi connectivity index (χ4n) is 3.41. The van der Waals surface area contributed by atoms with Gasteiger partial charge in [-0.15, -0.1) is 0 Å². The predicted octanol–water partition coefficient (Wildman–Crippen LogP) is 1.41. The number of nitrogens with zero attached hydrogens (tertiary/aromatic N) is 1. The molecule has 2 rings (SSSR count). The van der Waals surface area contributed by atoms with Crippen molar-refractivity contribution in [2.24, 2.45) is 5.41 Å². The summed E-state index contributed by atoms with van der Waals surface area (Å²) in [6, 6.07) is -0.0647. The van der Waals surface area contributed by atoms with Crippen LogP contribution in [0.5, 0.6) is 0 Å². The molecule has 0 bridgehead atoms. The highest BCUT2D eigenvalue weighted by molar-refractivity contribution is 5.78. The molecule has 2 aliphatic rings. The first-order valence-corrected chi connectivity index (χ1v) is 7.98. The molecule has 0 radical (unpaired) electrons. The monoisotopic (exact) mass is 297 g/mol. The molecule has 1 saturated heterocycles. The lowest BCUT2D eigenvalue weighted by Crippen LogP contribution is -2.49. The highest BCUT2D eigenvalue weighted by Crippen LogP contribution is 2.34. The molecule has 1 unspecified atom stereocenters. The fraction of sp³-hybridized carbons (Fsp3) is 0.867. The summed E-state index contributed by atoms with van der Waals surface area (Å²) in [4.78, 5) is 25.8. The van der Waals surface area contributed by atoms with E-state index in [0.29, 0.717) is 12.8 Å². The molecule has 1 heterocycles. The Bertz CT molecular complexity index is 378. The first-order valence-electron chi connectivity index (χ1n) is 7.98. The molecule has 2 fully saturated rings. The maximum atomic E-state index is 12.0. The number of carboxylic acids is 1. The standard InChI is InChI=1S/C15H27N3O3/c1-18-9-6-12(10-18)17-14(21)16-11-15(13(19)20)7-4-2-3-5-8-15/h12H,2-11H2,1H3,(H,19,20)(H2,16,17,21).